The number of carbonyl (C=O) groups excluding carboxylic acids is 4. The monoisotopic (exact) mass is 554 g/mol. The average molecular weight is 555 g/mol. The number of hydrogen-bond acceptors (Lipinski definition) is 7. The number of ketones is 1. The summed E-state index contributed by atoms with van der Waals surface area (Å²) in [5.74, 6) is -0.0809. The van der Waals surface area contributed by atoms with Crippen molar-refractivity contribution in [1.82, 2.24) is 21.3 Å². The molecule has 2 rings (SSSR count). The van der Waals surface area contributed by atoms with E-state index in [1.54, 1.807) is 0 Å². The van der Waals surface area contributed by atoms with E-state index in [1.165, 1.54) is 6.92 Å². The number of hydrogen-bond donors (Lipinski definition) is 8. The Morgan fingerprint density at radius 2 is 1.58 bits per heavy atom. The van der Waals surface area contributed by atoms with Crippen LogP contribution in [0.15, 0.2) is 9.98 Å². The van der Waals surface area contributed by atoms with Crippen LogP contribution in [-0.2, 0) is 14.4 Å². The average Bonchev–Trinajstić information content (AvgIpc) is 3.39. The maximum Gasteiger partial charge on any atom is 0.315 e. The lowest BCUT2D eigenvalue weighted by atomic mass is 10.0. The molecular weight excluding hydrogens is 512 g/mol. The van der Waals surface area contributed by atoms with Crippen molar-refractivity contribution < 1.29 is 19.2 Å². The molecule has 0 bridgehead atoms. The first kappa shape index (κ1) is 31.0. The number of carbonyl (C=O) groups is 4. The molecule has 14 nitrogen and oxygen atoms in total. The maximum atomic E-state index is 13.0. The summed E-state index contributed by atoms with van der Waals surface area (Å²) in [5, 5.41) is 11.8. The van der Waals surface area contributed by atoms with Crippen molar-refractivity contribution in [3.63, 3.8) is 0 Å². The lowest BCUT2D eigenvalue weighted by molar-refractivity contribution is -0.131. The van der Waals surface area contributed by atoms with Gasteiger partial charge in [0, 0.05) is 30.5 Å². The first-order valence-corrected chi connectivity index (χ1v) is 14.0. The van der Waals surface area contributed by atoms with Crippen molar-refractivity contribution in [1.29, 1.82) is 0 Å². The molecule has 2 unspecified atom stereocenters. The summed E-state index contributed by atoms with van der Waals surface area (Å²) in [5.41, 5.74) is 21.4. The van der Waals surface area contributed by atoms with Gasteiger partial charge < -0.3 is 44.2 Å². The summed E-state index contributed by atoms with van der Waals surface area (Å²) in [7, 11) is 0. The number of Topliss-reactive ketones (excluding diaryl/α,β-unsaturated/α-hetero) is 1. The number of nitrogens with two attached hydrogens (primary N) is 4. The normalized spacial score (nSPS) is 21.3. The first-order chi connectivity index (χ1) is 18.1. The third-order valence-electron chi connectivity index (χ3n) is 6.43. The number of nitrogens with zero attached hydrogens (tertiary/aromatic N) is 2. The standard InChI is InChI=1S/C23H42N10O4S/c1-13(34)14(6-4-10-28-21(24)25)31-20(36)15(7-5-11-29-22(26)27)30-18(35)9-3-2-8-17-19-16(12-38-17)32-23(37)33-19/h14-17,19H,2-12H2,1H3,(H,30,35)(H,31,36)(H4,24,25,28)(H4,26,27,29)(H2,32,33,37)/t14?,15?,16-,17-,19-/m0/s1. The number of rotatable bonds is 17. The summed E-state index contributed by atoms with van der Waals surface area (Å²) in [6.45, 7) is 2.04. The molecule has 0 aromatic carbocycles. The van der Waals surface area contributed by atoms with Crippen molar-refractivity contribution >= 4 is 47.3 Å². The second-order valence-electron chi connectivity index (χ2n) is 9.56. The molecule has 214 valence electrons. The van der Waals surface area contributed by atoms with Crippen molar-refractivity contribution in [3.8, 4) is 0 Å². The van der Waals surface area contributed by atoms with Crippen LogP contribution in [0.25, 0.3) is 0 Å². The van der Waals surface area contributed by atoms with Crippen molar-refractivity contribution in [2.45, 2.75) is 87.7 Å². The van der Waals surface area contributed by atoms with Gasteiger partial charge in [-0.15, -0.1) is 0 Å². The molecule has 2 aliphatic rings. The Labute approximate surface area is 227 Å². The van der Waals surface area contributed by atoms with E-state index >= 15 is 0 Å². The Morgan fingerprint density at radius 3 is 2.18 bits per heavy atom. The number of amides is 4. The zero-order chi connectivity index (χ0) is 28.1. The minimum Gasteiger partial charge on any atom is -0.370 e. The van der Waals surface area contributed by atoms with Gasteiger partial charge in [-0.25, -0.2) is 4.79 Å². The van der Waals surface area contributed by atoms with Crippen LogP contribution in [0.3, 0.4) is 0 Å². The molecule has 0 aliphatic carbocycles. The fourth-order valence-corrected chi connectivity index (χ4v) is 6.01. The molecule has 2 aliphatic heterocycles. The predicted molar refractivity (Wildman–Crippen MR) is 148 cm³/mol. The lowest BCUT2D eigenvalue weighted by Crippen LogP contribution is -2.51. The summed E-state index contributed by atoms with van der Waals surface area (Å²) in [4.78, 5) is 57.1. The molecule has 0 aromatic rings. The van der Waals surface area contributed by atoms with Crippen LogP contribution in [-0.4, -0.2) is 83.8 Å². The van der Waals surface area contributed by atoms with Gasteiger partial charge in [0.25, 0.3) is 0 Å². The molecule has 2 fully saturated rings. The SMILES string of the molecule is CC(=O)C(CCCN=C(N)N)NC(=O)C(CCCN=C(N)N)NC(=O)CCCC[C@@H]1SC[C@@H]2NC(=O)N[C@@H]21. The molecule has 12 N–H and O–H groups in total. The lowest BCUT2D eigenvalue weighted by Gasteiger charge is -2.22. The van der Waals surface area contributed by atoms with Crippen molar-refractivity contribution in [2.24, 2.45) is 32.9 Å². The van der Waals surface area contributed by atoms with E-state index in [1.807, 2.05) is 11.8 Å². The van der Waals surface area contributed by atoms with E-state index in [2.05, 4.69) is 31.3 Å². The van der Waals surface area contributed by atoms with Gasteiger partial charge in [0.05, 0.1) is 18.1 Å². The van der Waals surface area contributed by atoms with E-state index in [4.69, 9.17) is 22.9 Å². The zero-order valence-corrected chi connectivity index (χ0v) is 22.7. The fraction of sp³-hybridized carbons (Fsp3) is 0.739. The number of urea groups is 1. The van der Waals surface area contributed by atoms with Crippen molar-refractivity contribution in [3.05, 3.63) is 0 Å². The van der Waals surface area contributed by atoms with Gasteiger partial charge in [0.15, 0.2) is 17.7 Å². The number of nitrogens with one attached hydrogen (secondary N) is 4. The first-order valence-electron chi connectivity index (χ1n) is 13.0. The largest absolute Gasteiger partial charge is 0.370 e. The third-order valence-corrected chi connectivity index (χ3v) is 7.94. The molecule has 0 radical (unpaired) electrons. The van der Waals surface area contributed by atoms with Gasteiger partial charge in [-0.1, -0.05) is 6.42 Å². The summed E-state index contributed by atoms with van der Waals surface area (Å²) in [6.07, 6.45) is 4.28. The number of unbranched alkanes of at least 4 members (excludes halogenated alkanes) is 1. The molecule has 4 amide bonds. The van der Waals surface area contributed by atoms with Gasteiger partial charge in [0.1, 0.15) is 6.04 Å². The zero-order valence-electron chi connectivity index (χ0n) is 21.9. The summed E-state index contributed by atoms with van der Waals surface area (Å²) in [6, 6.07) is -1.36. The Kier molecular flexibility index (Phi) is 13.0. The topological polar surface area (TPSA) is 245 Å². The highest BCUT2D eigenvalue weighted by atomic mass is 32.2. The molecule has 38 heavy (non-hydrogen) atoms. The van der Waals surface area contributed by atoms with E-state index in [-0.39, 0.29) is 48.1 Å². The molecule has 5 atom stereocenters. The Hall–Kier alpha value is -3.23. The van der Waals surface area contributed by atoms with Crippen LogP contribution in [0.1, 0.15) is 58.3 Å². The van der Waals surface area contributed by atoms with E-state index in [9.17, 15) is 19.2 Å². The van der Waals surface area contributed by atoms with Gasteiger partial charge in [0.2, 0.25) is 11.8 Å². The summed E-state index contributed by atoms with van der Waals surface area (Å²) < 4.78 is 0. The fourth-order valence-electron chi connectivity index (χ4n) is 4.47. The van der Waals surface area contributed by atoms with Crippen LogP contribution < -0.4 is 44.2 Å². The van der Waals surface area contributed by atoms with Crippen LogP contribution in [0.5, 0.6) is 0 Å². The Balaban J connectivity index is 1.84. The van der Waals surface area contributed by atoms with Gasteiger partial charge in [-0.3, -0.25) is 24.4 Å². The van der Waals surface area contributed by atoms with E-state index < -0.39 is 18.0 Å². The van der Waals surface area contributed by atoms with Crippen LogP contribution in [0.4, 0.5) is 4.79 Å². The second-order valence-corrected chi connectivity index (χ2v) is 10.8. The van der Waals surface area contributed by atoms with Crippen molar-refractivity contribution in [2.75, 3.05) is 18.8 Å². The Bertz CT molecular complexity index is 891. The summed E-state index contributed by atoms with van der Waals surface area (Å²) >= 11 is 1.83. The van der Waals surface area contributed by atoms with Gasteiger partial charge in [-0.2, -0.15) is 11.8 Å². The highest BCUT2D eigenvalue weighted by Gasteiger charge is 2.42. The predicted octanol–water partition coefficient (Wildman–Crippen LogP) is -1.62. The maximum absolute atomic E-state index is 13.0. The molecule has 2 heterocycles. The second kappa shape index (κ2) is 15.9. The van der Waals surface area contributed by atoms with Gasteiger partial charge >= 0.3 is 6.03 Å². The highest BCUT2D eigenvalue weighted by molar-refractivity contribution is 8.00. The Morgan fingerprint density at radius 1 is 0.947 bits per heavy atom. The minimum atomic E-state index is -0.831. The molecular formula is C23H42N10O4S. The number of fused-ring (bicyclic) bond motifs is 1. The molecule has 15 heteroatoms. The van der Waals surface area contributed by atoms with E-state index in [0.29, 0.717) is 50.4 Å². The molecule has 2 saturated heterocycles. The molecule has 0 spiro atoms. The molecule has 0 saturated carbocycles. The van der Waals surface area contributed by atoms with Gasteiger partial charge in [-0.05, 0) is 45.4 Å². The molecule has 0 aromatic heterocycles. The number of thioether (sulfide) groups is 1. The third kappa shape index (κ3) is 11.0. The minimum absolute atomic E-state index is 0.0366. The number of guanidine groups is 2. The smallest absolute Gasteiger partial charge is 0.315 e. The van der Waals surface area contributed by atoms with Crippen LogP contribution in [0.2, 0.25) is 0 Å². The number of aliphatic imine (C=N–C) groups is 2. The van der Waals surface area contributed by atoms with Crippen LogP contribution >= 0.6 is 11.8 Å². The van der Waals surface area contributed by atoms with Crippen LogP contribution in [0, 0.1) is 0 Å². The van der Waals surface area contributed by atoms with E-state index in [0.717, 1.165) is 18.6 Å². The highest BCUT2D eigenvalue weighted by Crippen LogP contribution is 2.33. The quantitative estimate of drug-likeness (QED) is 0.0445.